The van der Waals surface area contributed by atoms with Crippen LogP contribution in [-0.4, -0.2) is 40.3 Å². The van der Waals surface area contributed by atoms with Gasteiger partial charge in [0.25, 0.3) is 0 Å². The van der Waals surface area contributed by atoms with E-state index in [0.717, 1.165) is 29.8 Å². The normalized spacial score (nSPS) is 15.2. The molecule has 1 aliphatic rings. The van der Waals surface area contributed by atoms with E-state index in [4.69, 9.17) is 4.74 Å². The molecular formula is C18H22N4O2. The van der Waals surface area contributed by atoms with E-state index in [2.05, 4.69) is 15.5 Å². The van der Waals surface area contributed by atoms with Gasteiger partial charge in [0.1, 0.15) is 6.10 Å². The maximum atomic E-state index is 12.3. The molecule has 0 spiro atoms. The third-order valence-corrected chi connectivity index (χ3v) is 4.06. The van der Waals surface area contributed by atoms with Gasteiger partial charge in [0, 0.05) is 37.7 Å². The molecule has 0 radical (unpaired) electrons. The van der Waals surface area contributed by atoms with Gasteiger partial charge in [0.2, 0.25) is 5.88 Å². The molecule has 0 bridgehead atoms. The van der Waals surface area contributed by atoms with Gasteiger partial charge in [-0.1, -0.05) is 12.1 Å². The summed E-state index contributed by atoms with van der Waals surface area (Å²) in [6, 6.07) is 11.5. The van der Waals surface area contributed by atoms with Crippen LogP contribution in [0.15, 0.2) is 36.4 Å². The Morgan fingerprint density at radius 2 is 1.96 bits per heavy atom. The zero-order valence-electron chi connectivity index (χ0n) is 14.0. The lowest BCUT2D eigenvalue weighted by Gasteiger charge is -2.31. The first-order valence-electron chi connectivity index (χ1n) is 8.20. The molecule has 24 heavy (non-hydrogen) atoms. The number of aryl methyl sites for hydroxylation is 2. The monoisotopic (exact) mass is 326 g/mol. The van der Waals surface area contributed by atoms with Gasteiger partial charge < -0.3 is 15.0 Å². The Bertz CT molecular complexity index is 694. The quantitative estimate of drug-likeness (QED) is 0.941. The van der Waals surface area contributed by atoms with Gasteiger partial charge in [-0.25, -0.2) is 4.79 Å². The van der Waals surface area contributed by atoms with Crippen LogP contribution in [0.3, 0.4) is 0 Å². The highest BCUT2D eigenvalue weighted by atomic mass is 16.5. The summed E-state index contributed by atoms with van der Waals surface area (Å²) >= 11 is 0. The van der Waals surface area contributed by atoms with Crippen molar-refractivity contribution in [2.75, 3.05) is 18.4 Å². The molecule has 1 N–H and O–H groups in total. The number of hydrogen-bond donors (Lipinski definition) is 1. The molecule has 1 saturated heterocycles. The van der Waals surface area contributed by atoms with Crippen LogP contribution >= 0.6 is 0 Å². The van der Waals surface area contributed by atoms with E-state index in [9.17, 15) is 4.79 Å². The summed E-state index contributed by atoms with van der Waals surface area (Å²) in [6.07, 6.45) is 1.65. The molecule has 2 amide bonds. The molecule has 126 valence electrons. The van der Waals surface area contributed by atoms with Crippen LogP contribution in [0.25, 0.3) is 0 Å². The first-order chi connectivity index (χ1) is 11.6. The van der Waals surface area contributed by atoms with E-state index in [1.807, 2.05) is 55.1 Å². The number of aromatic nitrogens is 2. The smallest absolute Gasteiger partial charge is 0.321 e. The maximum Gasteiger partial charge on any atom is 0.321 e. The number of anilines is 1. The minimum Gasteiger partial charge on any atom is -0.473 e. The fraction of sp³-hybridized carbons (Fsp3) is 0.389. The van der Waals surface area contributed by atoms with Gasteiger partial charge >= 0.3 is 6.03 Å². The summed E-state index contributed by atoms with van der Waals surface area (Å²) in [5.41, 5.74) is 2.82. The van der Waals surface area contributed by atoms with Crippen molar-refractivity contribution in [3.8, 4) is 5.88 Å². The molecule has 6 nitrogen and oxygen atoms in total. The van der Waals surface area contributed by atoms with Crippen molar-refractivity contribution >= 4 is 11.7 Å². The van der Waals surface area contributed by atoms with E-state index in [0.29, 0.717) is 19.0 Å². The summed E-state index contributed by atoms with van der Waals surface area (Å²) in [6.45, 7) is 5.23. The molecule has 0 unspecified atom stereocenters. The van der Waals surface area contributed by atoms with Crippen molar-refractivity contribution in [3.63, 3.8) is 0 Å². The largest absolute Gasteiger partial charge is 0.473 e. The molecule has 1 fully saturated rings. The molecule has 0 atom stereocenters. The Balaban J connectivity index is 1.49. The van der Waals surface area contributed by atoms with Gasteiger partial charge in [0.15, 0.2) is 0 Å². The number of ether oxygens (including phenoxy) is 1. The van der Waals surface area contributed by atoms with Crippen molar-refractivity contribution in [2.45, 2.75) is 32.8 Å². The number of piperidine rings is 1. The molecule has 1 aliphatic heterocycles. The summed E-state index contributed by atoms with van der Waals surface area (Å²) < 4.78 is 5.84. The number of urea groups is 1. The van der Waals surface area contributed by atoms with Crippen LogP contribution in [0.1, 0.15) is 24.1 Å². The fourth-order valence-corrected chi connectivity index (χ4v) is 2.72. The number of likely N-dealkylation sites (tertiary alicyclic amines) is 1. The molecule has 0 aliphatic carbocycles. The number of nitrogens with one attached hydrogen (secondary N) is 1. The third kappa shape index (κ3) is 4.22. The second-order valence-electron chi connectivity index (χ2n) is 6.12. The predicted molar refractivity (Wildman–Crippen MR) is 92.2 cm³/mol. The number of nitrogens with zero attached hydrogens (tertiary/aromatic N) is 3. The minimum absolute atomic E-state index is 0.0609. The van der Waals surface area contributed by atoms with Crippen LogP contribution < -0.4 is 10.1 Å². The minimum atomic E-state index is -0.0609. The van der Waals surface area contributed by atoms with Crippen molar-refractivity contribution in [2.24, 2.45) is 0 Å². The zero-order chi connectivity index (χ0) is 16.9. The van der Waals surface area contributed by atoms with E-state index < -0.39 is 0 Å². The predicted octanol–water partition coefficient (Wildman–Crippen LogP) is 3.17. The molecule has 3 rings (SSSR count). The number of rotatable bonds is 3. The highest BCUT2D eigenvalue weighted by Gasteiger charge is 2.24. The average molecular weight is 326 g/mol. The van der Waals surface area contributed by atoms with E-state index in [1.165, 1.54) is 0 Å². The summed E-state index contributed by atoms with van der Waals surface area (Å²) in [7, 11) is 0. The van der Waals surface area contributed by atoms with Crippen LogP contribution in [0, 0.1) is 13.8 Å². The van der Waals surface area contributed by atoms with Crippen molar-refractivity contribution in [1.29, 1.82) is 0 Å². The second kappa shape index (κ2) is 7.29. The SMILES string of the molecule is Cc1cccc(NC(=O)N2CCC(Oc3ccc(C)nn3)CC2)c1. The molecule has 6 heteroatoms. The Labute approximate surface area is 141 Å². The van der Waals surface area contributed by atoms with Crippen LogP contribution in [0.5, 0.6) is 5.88 Å². The van der Waals surface area contributed by atoms with Crippen LogP contribution in [0.4, 0.5) is 10.5 Å². The van der Waals surface area contributed by atoms with E-state index in [-0.39, 0.29) is 12.1 Å². The van der Waals surface area contributed by atoms with Crippen LogP contribution in [-0.2, 0) is 0 Å². The topological polar surface area (TPSA) is 67.4 Å². The highest BCUT2D eigenvalue weighted by Crippen LogP contribution is 2.18. The number of hydrogen-bond acceptors (Lipinski definition) is 4. The average Bonchev–Trinajstić information content (AvgIpc) is 2.57. The summed E-state index contributed by atoms with van der Waals surface area (Å²) in [5.74, 6) is 0.545. The van der Waals surface area contributed by atoms with Crippen molar-refractivity contribution in [1.82, 2.24) is 15.1 Å². The molecule has 1 aromatic carbocycles. The lowest BCUT2D eigenvalue weighted by atomic mass is 10.1. The number of amides is 2. The molecule has 2 heterocycles. The summed E-state index contributed by atoms with van der Waals surface area (Å²) in [4.78, 5) is 14.2. The van der Waals surface area contributed by atoms with Gasteiger partial charge in [-0.2, -0.15) is 5.10 Å². The first-order valence-corrected chi connectivity index (χ1v) is 8.20. The number of carbonyl (C=O) groups is 1. The third-order valence-electron chi connectivity index (χ3n) is 4.06. The van der Waals surface area contributed by atoms with Crippen LogP contribution in [0.2, 0.25) is 0 Å². The Morgan fingerprint density at radius 3 is 2.62 bits per heavy atom. The number of benzene rings is 1. The fourth-order valence-electron chi connectivity index (χ4n) is 2.72. The Morgan fingerprint density at radius 1 is 1.17 bits per heavy atom. The molecule has 0 saturated carbocycles. The lowest BCUT2D eigenvalue weighted by molar-refractivity contribution is 0.110. The van der Waals surface area contributed by atoms with Gasteiger partial charge in [-0.3, -0.25) is 0 Å². The molecule has 1 aromatic heterocycles. The Hall–Kier alpha value is -2.63. The Kier molecular flexibility index (Phi) is 4.93. The van der Waals surface area contributed by atoms with E-state index >= 15 is 0 Å². The lowest BCUT2D eigenvalue weighted by Crippen LogP contribution is -2.43. The van der Waals surface area contributed by atoms with E-state index in [1.54, 1.807) is 0 Å². The standard InChI is InChI=1S/C18H22N4O2/c1-13-4-3-5-15(12-13)19-18(23)22-10-8-16(9-11-22)24-17-7-6-14(2)20-21-17/h3-7,12,16H,8-11H2,1-2H3,(H,19,23). The van der Waals surface area contributed by atoms with Gasteiger partial charge in [0.05, 0.1) is 5.69 Å². The first kappa shape index (κ1) is 16.2. The highest BCUT2D eigenvalue weighted by molar-refractivity contribution is 5.89. The van der Waals surface area contributed by atoms with Crippen molar-refractivity contribution in [3.05, 3.63) is 47.7 Å². The summed E-state index contributed by atoms with van der Waals surface area (Å²) in [5, 5.41) is 11.0. The molecule has 2 aromatic rings. The van der Waals surface area contributed by atoms with Gasteiger partial charge in [-0.15, -0.1) is 5.10 Å². The number of carbonyl (C=O) groups excluding carboxylic acids is 1. The maximum absolute atomic E-state index is 12.3. The van der Waals surface area contributed by atoms with Gasteiger partial charge in [-0.05, 0) is 37.6 Å². The zero-order valence-corrected chi connectivity index (χ0v) is 14.0. The second-order valence-corrected chi connectivity index (χ2v) is 6.12. The molecular weight excluding hydrogens is 304 g/mol. The van der Waals surface area contributed by atoms with Crippen molar-refractivity contribution < 1.29 is 9.53 Å².